The van der Waals surface area contributed by atoms with Crippen molar-refractivity contribution in [2.75, 3.05) is 13.2 Å². The van der Waals surface area contributed by atoms with Crippen LogP contribution in [0.1, 0.15) is 19.8 Å². The van der Waals surface area contributed by atoms with Crippen molar-refractivity contribution in [2.24, 2.45) is 11.7 Å². The molecule has 0 amide bonds. The fourth-order valence-electron chi connectivity index (χ4n) is 1.29. The summed E-state index contributed by atoms with van der Waals surface area (Å²) in [5.74, 6) is 0.730. The van der Waals surface area contributed by atoms with Gasteiger partial charge in [0.05, 0.1) is 6.10 Å². The van der Waals surface area contributed by atoms with E-state index in [4.69, 9.17) is 10.5 Å². The molecule has 0 aliphatic carbocycles. The van der Waals surface area contributed by atoms with Crippen LogP contribution in [0.15, 0.2) is 0 Å². The second-order valence-electron chi connectivity index (χ2n) is 2.75. The van der Waals surface area contributed by atoms with E-state index in [1.807, 2.05) is 0 Å². The molecule has 0 bridgehead atoms. The number of hydrogen-bond acceptors (Lipinski definition) is 2. The Morgan fingerprint density at radius 3 is 2.89 bits per heavy atom. The molecule has 1 aliphatic rings. The third-order valence-corrected chi connectivity index (χ3v) is 1.99. The van der Waals surface area contributed by atoms with Crippen molar-refractivity contribution >= 4 is 0 Å². The summed E-state index contributed by atoms with van der Waals surface area (Å²) in [7, 11) is 0. The molecule has 0 saturated carbocycles. The van der Waals surface area contributed by atoms with E-state index < -0.39 is 0 Å². The Morgan fingerprint density at radius 1 is 1.67 bits per heavy atom. The van der Waals surface area contributed by atoms with Crippen LogP contribution in [-0.4, -0.2) is 19.3 Å². The highest BCUT2D eigenvalue weighted by Crippen LogP contribution is 2.21. The molecule has 0 unspecified atom stereocenters. The summed E-state index contributed by atoms with van der Waals surface area (Å²) < 4.78 is 5.43. The first-order valence-corrected chi connectivity index (χ1v) is 3.66. The lowest BCUT2D eigenvalue weighted by molar-refractivity contribution is 0.0891. The first-order chi connectivity index (χ1) is 4.34. The molecule has 2 N–H and O–H groups in total. The minimum atomic E-state index is 0.454. The van der Waals surface area contributed by atoms with Crippen molar-refractivity contribution in [1.29, 1.82) is 0 Å². The third-order valence-electron chi connectivity index (χ3n) is 1.99. The Balaban J connectivity index is 2.22. The summed E-state index contributed by atoms with van der Waals surface area (Å²) in [6, 6.07) is 0. The number of nitrogens with two attached hydrogens (primary N) is 1. The predicted octanol–water partition coefficient (Wildman–Crippen LogP) is 0.760. The Hall–Kier alpha value is -0.0800. The van der Waals surface area contributed by atoms with Crippen molar-refractivity contribution in [3.63, 3.8) is 0 Å². The zero-order valence-corrected chi connectivity index (χ0v) is 5.97. The monoisotopic (exact) mass is 129 g/mol. The van der Waals surface area contributed by atoms with Crippen LogP contribution in [0, 0.1) is 5.92 Å². The minimum absolute atomic E-state index is 0.454. The van der Waals surface area contributed by atoms with Crippen LogP contribution in [-0.2, 0) is 4.74 Å². The second-order valence-corrected chi connectivity index (χ2v) is 2.75. The Morgan fingerprint density at radius 2 is 2.44 bits per heavy atom. The maximum Gasteiger partial charge on any atom is 0.0613 e. The van der Waals surface area contributed by atoms with E-state index in [2.05, 4.69) is 6.92 Å². The molecular formula is C7H15NO. The van der Waals surface area contributed by atoms with Crippen LogP contribution in [0.5, 0.6) is 0 Å². The van der Waals surface area contributed by atoms with Crippen molar-refractivity contribution in [2.45, 2.75) is 25.9 Å². The van der Waals surface area contributed by atoms with Crippen molar-refractivity contribution in [1.82, 2.24) is 0 Å². The molecule has 0 aromatic carbocycles. The summed E-state index contributed by atoms with van der Waals surface area (Å²) in [5, 5.41) is 0. The van der Waals surface area contributed by atoms with Gasteiger partial charge in [-0.1, -0.05) is 6.92 Å². The molecule has 1 fully saturated rings. The highest BCUT2D eigenvalue weighted by molar-refractivity contribution is 4.72. The van der Waals surface area contributed by atoms with Gasteiger partial charge in [-0.15, -0.1) is 0 Å². The zero-order valence-electron chi connectivity index (χ0n) is 5.97. The molecule has 0 radical (unpaired) electrons. The van der Waals surface area contributed by atoms with E-state index in [9.17, 15) is 0 Å². The van der Waals surface area contributed by atoms with Crippen LogP contribution in [0.25, 0.3) is 0 Å². The summed E-state index contributed by atoms with van der Waals surface area (Å²) in [4.78, 5) is 0. The largest absolute Gasteiger partial charge is 0.378 e. The molecule has 9 heavy (non-hydrogen) atoms. The smallest absolute Gasteiger partial charge is 0.0613 e. The lowest BCUT2D eigenvalue weighted by Gasteiger charge is -2.11. The molecule has 2 heteroatoms. The van der Waals surface area contributed by atoms with E-state index >= 15 is 0 Å². The molecule has 54 valence electrons. The van der Waals surface area contributed by atoms with Gasteiger partial charge in [-0.3, -0.25) is 0 Å². The maximum atomic E-state index is 5.43. The quantitative estimate of drug-likeness (QED) is 0.597. The molecule has 1 rings (SSSR count). The summed E-state index contributed by atoms with van der Waals surface area (Å²) >= 11 is 0. The molecule has 0 aromatic heterocycles. The topological polar surface area (TPSA) is 35.2 Å². The Kier molecular flexibility index (Phi) is 2.49. The van der Waals surface area contributed by atoms with Crippen molar-refractivity contribution < 1.29 is 4.74 Å². The average molecular weight is 129 g/mol. The fourth-order valence-corrected chi connectivity index (χ4v) is 1.29. The fraction of sp³-hybridized carbons (Fsp3) is 1.00. The molecule has 0 aromatic rings. The van der Waals surface area contributed by atoms with Crippen LogP contribution in [0.4, 0.5) is 0 Å². The molecule has 1 heterocycles. The normalized spacial score (nSPS) is 35.3. The van der Waals surface area contributed by atoms with Gasteiger partial charge in [-0.2, -0.15) is 0 Å². The van der Waals surface area contributed by atoms with E-state index in [0.29, 0.717) is 6.10 Å². The molecule has 2 atom stereocenters. The second kappa shape index (κ2) is 3.18. The van der Waals surface area contributed by atoms with Gasteiger partial charge in [-0.05, 0) is 25.3 Å². The van der Waals surface area contributed by atoms with Gasteiger partial charge in [0.15, 0.2) is 0 Å². The highest BCUT2D eigenvalue weighted by atomic mass is 16.5. The SMILES string of the molecule is C[C@@H]1CCO[C@@H]1CCN. The van der Waals surface area contributed by atoms with Gasteiger partial charge in [0.25, 0.3) is 0 Å². The lowest BCUT2D eigenvalue weighted by atomic mass is 10.0. The summed E-state index contributed by atoms with van der Waals surface area (Å²) in [6.45, 7) is 3.92. The van der Waals surface area contributed by atoms with Gasteiger partial charge in [0.2, 0.25) is 0 Å². The van der Waals surface area contributed by atoms with Crippen LogP contribution in [0.3, 0.4) is 0 Å². The number of hydrogen-bond donors (Lipinski definition) is 1. The van der Waals surface area contributed by atoms with E-state index in [1.54, 1.807) is 0 Å². The van der Waals surface area contributed by atoms with E-state index in [-0.39, 0.29) is 0 Å². The standard InChI is InChI=1S/C7H15NO/c1-6-3-5-9-7(6)2-4-8/h6-7H,2-5,8H2,1H3/t6-,7-/m1/s1. The Bertz CT molecular complexity index is 85.0. The first-order valence-electron chi connectivity index (χ1n) is 3.66. The zero-order chi connectivity index (χ0) is 6.69. The van der Waals surface area contributed by atoms with Crippen LogP contribution >= 0.6 is 0 Å². The number of rotatable bonds is 2. The molecule has 0 spiro atoms. The third kappa shape index (κ3) is 1.66. The average Bonchev–Trinajstić information content (AvgIpc) is 2.18. The lowest BCUT2D eigenvalue weighted by Crippen LogP contribution is -2.17. The van der Waals surface area contributed by atoms with Gasteiger partial charge >= 0.3 is 0 Å². The van der Waals surface area contributed by atoms with Crippen molar-refractivity contribution in [3.8, 4) is 0 Å². The van der Waals surface area contributed by atoms with Gasteiger partial charge in [0.1, 0.15) is 0 Å². The van der Waals surface area contributed by atoms with Crippen LogP contribution < -0.4 is 5.73 Å². The summed E-state index contributed by atoms with van der Waals surface area (Å²) in [5.41, 5.74) is 5.39. The van der Waals surface area contributed by atoms with Crippen molar-refractivity contribution in [3.05, 3.63) is 0 Å². The number of ether oxygens (including phenoxy) is 1. The van der Waals surface area contributed by atoms with Gasteiger partial charge < -0.3 is 10.5 Å². The maximum absolute atomic E-state index is 5.43. The molecule has 1 aliphatic heterocycles. The van der Waals surface area contributed by atoms with E-state index in [1.165, 1.54) is 6.42 Å². The molecular weight excluding hydrogens is 114 g/mol. The molecule has 1 saturated heterocycles. The van der Waals surface area contributed by atoms with Crippen LogP contribution in [0.2, 0.25) is 0 Å². The van der Waals surface area contributed by atoms with Gasteiger partial charge in [0, 0.05) is 6.61 Å². The highest BCUT2D eigenvalue weighted by Gasteiger charge is 2.22. The first kappa shape index (κ1) is 7.03. The Labute approximate surface area is 56.4 Å². The summed E-state index contributed by atoms with van der Waals surface area (Å²) in [6.07, 6.45) is 2.70. The molecule has 2 nitrogen and oxygen atoms in total. The van der Waals surface area contributed by atoms with Gasteiger partial charge in [-0.25, -0.2) is 0 Å². The van der Waals surface area contributed by atoms with E-state index in [0.717, 1.165) is 25.5 Å². The predicted molar refractivity (Wildman–Crippen MR) is 37.2 cm³/mol. The minimum Gasteiger partial charge on any atom is -0.378 e.